The van der Waals surface area contributed by atoms with Crippen molar-refractivity contribution in [2.45, 2.75) is 12.7 Å². The maximum atomic E-state index is 13.2. The number of carbonyl (C=O) groups excluding carboxylic acids is 2. The Bertz CT molecular complexity index is 1170. The minimum Gasteiger partial charge on any atom is -0.493 e. The molecule has 0 aliphatic heterocycles. The van der Waals surface area contributed by atoms with Crippen LogP contribution in [0.3, 0.4) is 0 Å². The Kier molecular flexibility index (Phi) is 7.72. The van der Waals surface area contributed by atoms with Gasteiger partial charge in [0.1, 0.15) is 12.3 Å². The van der Waals surface area contributed by atoms with E-state index in [9.17, 15) is 22.8 Å². The minimum absolute atomic E-state index is 0.0536. The second-order valence-corrected chi connectivity index (χ2v) is 7.46. The summed E-state index contributed by atoms with van der Waals surface area (Å²) in [5, 5.41) is 1.88. The van der Waals surface area contributed by atoms with Gasteiger partial charge >= 0.3 is 6.18 Å². The zero-order chi connectivity index (χ0) is 24.9. The fraction of sp³-hybridized carbons (Fsp3) is 0.217. The Balaban J connectivity index is 1.83. The van der Waals surface area contributed by atoms with E-state index in [1.165, 1.54) is 43.6 Å². The Labute approximate surface area is 198 Å². The van der Waals surface area contributed by atoms with E-state index in [1.807, 2.05) is 0 Å². The molecule has 0 saturated heterocycles. The number of anilines is 1. The van der Waals surface area contributed by atoms with Gasteiger partial charge in [-0.1, -0.05) is 11.6 Å². The van der Waals surface area contributed by atoms with E-state index in [1.54, 1.807) is 18.2 Å². The summed E-state index contributed by atoms with van der Waals surface area (Å²) < 4.78 is 55.0. The Morgan fingerprint density at radius 3 is 2.41 bits per heavy atom. The second-order valence-electron chi connectivity index (χ2n) is 7.05. The molecule has 0 aliphatic rings. The van der Waals surface area contributed by atoms with Crippen molar-refractivity contribution in [3.63, 3.8) is 0 Å². The highest BCUT2D eigenvalue weighted by Gasteiger charge is 2.33. The molecule has 0 bridgehead atoms. The van der Waals surface area contributed by atoms with Crippen LogP contribution in [0.4, 0.5) is 18.9 Å². The van der Waals surface area contributed by atoms with Crippen molar-refractivity contribution in [2.24, 2.45) is 0 Å². The number of methoxy groups -OCH3 is 2. The number of hydrogen-bond donors (Lipinski definition) is 1. The molecule has 1 aromatic heterocycles. The predicted octanol–water partition coefficient (Wildman–Crippen LogP) is 5.25. The number of hydrogen-bond acceptors (Lipinski definition) is 5. The number of benzene rings is 2. The molecule has 7 nitrogen and oxygen atoms in total. The van der Waals surface area contributed by atoms with Gasteiger partial charge in [0.05, 0.1) is 37.6 Å². The first-order valence-electron chi connectivity index (χ1n) is 9.82. The van der Waals surface area contributed by atoms with Crippen LogP contribution >= 0.6 is 11.6 Å². The summed E-state index contributed by atoms with van der Waals surface area (Å²) >= 11 is 5.62. The number of furan rings is 1. The van der Waals surface area contributed by atoms with Crippen LogP contribution in [-0.2, 0) is 17.5 Å². The van der Waals surface area contributed by atoms with Gasteiger partial charge < -0.3 is 24.1 Å². The van der Waals surface area contributed by atoms with Gasteiger partial charge in [-0.25, -0.2) is 0 Å². The van der Waals surface area contributed by atoms with E-state index < -0.39 is 35.1 Å². The van der Waals surface area contributed by atoms with Gasteiger partial charge in [-0.3, -0.25) is 9.59 Å². The molecular weight excluding hydrogens is 477 g/mol. The molecule has 180 valence electrons. The summed E-state index contributed by atoms with van der Waals surface area (Å²) in [5.41, 5.74) is -0.984. The average molecular weight is 497 g/mol. The quantitative estimate of drug-likeness (QED) is 0.460. The summed E-state index contributed by atoms with van der Waals surface area (Å²) in [5.74, 6) is -0.0999. The lowest BCUT2D eigenvalue weighted by molar-refractivity contribution is -0.137. The third-order valence-electron chi connectivity index (χ3n) is 4.73. The number of halogens is 4. The molecule has 1 heterocycles. The molecule has 34 heavy (non-hydrogen) atoms. The summed E-state index contributed by atoms with van der Waals surface area (Å²) in [4.78, 5) is 27.1. The largest absolute Gasteiger partial charge is 0.493 e. The highest BCUT2D eigenvalue weighted by molar-refractivity contribution is 6.31. The normalized spacial score (nSPS) is 11.1. The molecule has 0 radical (unpaired) electrons. The molecular formula is C23H20ClF3N2O5. The molecule has 3 aromatic rings. The second kappa shape index (κ2) is 10.5. The van der Waals surface area contributed by atoms with Crippen molar-refractivity contribution in [3.05, 3.63) is 76.7 Å². The number of carbonyl (C=O) groups is 2. The van der Waals surface area contributed by atoms with E-state index in [0.717, 1.165) is 12.1 Å². The van der Waals surface area contributed by atoms with Crippen LogP contribution in [0.2, 0.25) is 5.02 Å². The predicted molar refractivity (Wildman–Crippen MR) is 118 cm³/mol. The van der Waals surface area contributed by atoms with Crippen molar-refractivity contribution in [1.29, 1.82) is 0 Å². The lowest BCUT2D eigenvalue weighted by Gasteiger charge is -2.22. The molecule has 2 amide bonds. The Hall–Kier alpha value is -3.66. The molecule has 0 atom stereocenters. The van der Waals surface area contributed by atoms with Crippen LogP contribution < -0.4 is 14.8 Å². The van der Waals surface area contributed by atoms with Crippen LogP contribution in [0.15, 0.2) is 59.2 Å². The van der Waals surface area contributed by atoms with Gasteiger partial charge in [-0.2, -0.15) is 13.2 Å². The van der Waals surface area contributed by atoms with Crippen LogP contribution in [-0.4, -0.2) is 37.5 Å². The molecule has 0 spiro atoms. The van der Waals surface area contributed by atoms with Crippen molar-refractivity contribution >= 4 is 29.1 Å². The smallest absolute Gasteiger partial charge is 0.417 e. The fourth-order valence-electron chi connectivity index (χ4n) is 3.14. The summed E-state index contributed by atoms with van der Waals surface area (Å²) in [6, 6.07) is 10.8. The van der Waals surface area contributed by atoms with Crippen molar-refractivity contribution in [3.8, 4) is 11.5 Å². The van der Waals surface area contributed by atoms with Crippen LogP contribution in [0, 0.1) is 0 Å². The van der Waals surface area contributed by atoms with Gasteiger partial charge in [0.15, 0.2) is 11.5 Å². The van der Waals surface area contributed by atoms with E-state index in [2.05, 4.69) is 5.32 Å². The Morgan fingerprint density at radius 1 is 1.06 bits per heavy atom. The van der Waals surface area contributed by atoms with E-state index in [-0.39, 0.29) is 17.8 Å². The lowest BCUT2D eigenvalue weighted by Crippen LogP contribution is -2.37. The first-order chi connectivity index (χ1) is 16.1. The topological polar surface area (TPSA) is 81.0 Å². The first kappa shape index (κ1) is 25.0. The van der Waals surface area contributed by atoms with Crippen LogP contribution in [0.25, 0.3) is 0 Å². The van der Waals surface area contributed by atoms with Crippen molar-refractivity contribution in [2.75, 3.05) is 26.1 Å². The van der Waals surface area contributed by atoms with Gasteiger partial charge in [-0.05, 0) is 48.5 Å². The fourth-order valence-corrected chi connectivity index (χ4v) is 3.36. The Morgan fingerprint density at radius 2 is 1.79 bits per heavy atom. The monoisotopic (exact) mass is 496 g/mol. The lowest BCUT2D eigenvalue weighted by atomic mass is 10.1. The molecule has 11 heteroatoms. The van der Waals surface area contributed by atoms with Gasteiger partial charge in [0.2, 0.25) is 5.91 Å². The number of nitrogens with one attached hydrogen (secondary N) is 1. The van der Waals surface area contributed by atoms with E-state index in [4.69, 9.17) is 25.5 Å². The summed E-state index contributed by atoms with van der Waals surface area (Å²) in [6.07, 6.45) is -3.27. The zero-order valence-electron chi connectivity index (χ0n) is 18.1. The third kappa shape index (κ3) is 6.02. The standard InChI is InChI=1S/C23H20ClF3N2O5/c1-32-19-8-5-14(10-20(19)33-2)22(31)29(12-16-4-3-9-34-16)13-21(30)28-15-6-7-18(24)17(11-15)23(25,26)27/h3-11H,12-13H2,1-2H3,(H,28,30). The van der Waals surface area contributed by atoms with Crippen molar-refractivity contribution < 1.29 is 36.7 Å². The van der Waals surface area contributed by atoms with Gasteiger partial charge in [-0.15, -0.1) is 0 Å². The zero-order valence-corrected chi connectivity index (χ0v) is 18.9. The number of nitrogens with zero attached hydrogens (tertiary/aromatic N) is 1. The summed E-state index contributed by atoms with van der Waals surface area (Å²) in [6.45, 7) is -0.514. The molecule has 3 rings (SSSR count). The summed E-state index contributed by atoms with van der Waals surface area (Å²) in [7, 11) is 2.87. The molecule has 1 N–H and O–H groups in total. The highest BCUT2D eigenvalue weighted by atomic mass is 35.5. The van der Waals surface area contributed by atoms with E-state index >= 15 is 0 Å². The maximum absolute atomic E-state index is 13.2. The maximum Gasteiger partial charge on any atom is 0.417 e. The molecule has 0 saturated carbocycles. The number of rotatable bonds is 8. The van der Waals surface area contributed by atoms with Gasteiger partial charge in [0, 0.05) is 11.3 Å². The molecule has 0 aliphatic carbocycles. The van der Waals surface area contributed by atoms with Gasteiger partial charge in [0.25, 0.3) is 5.91 Å². The molecule has 0 unspecified atom stereocenters. The molecule has 0 fully saturated rings. The van der Waals surface area contributed by atoms with E-state index in [0.29, 0.717) is 17.3 Å². The SMILES string of the molecule is COc1ccc(C(=O)N(CC(=O)Nc2ccc(Cl)c(C(F)(F)F)c2)Cc2ccco2)cc1OC. The number of alkyl halides is 3. The first-order valence-corrected chi connectivity index (χ1v) is 10.2. The average Bonchev–Trinajstić information content (AvgIpc) is 3.31. The number of ether oxygens (including phenoxy) is 2. The third-order valence-corrected chi connectivity index (χ3v) is 5.06. The van der Waals surface area contributed by atoms with Crippen LogP contribution in [0.1, 0.15) is 21.7 Å². The van der Waals surface area contributed by atoms with Crippen molar-refractivity contribution in [1.82, 2.24) is 4.90 Å². The number of amides is 2. The highest BCUT2D eigenvalue weighted by Crippen LogP contribution is 2.36. The minimum atomic E-state index is -4.69. The van der Waals surface area contributed by atoms with Crippen LogP contribution in [0.5, 0.6) is 11.5 Å². The molecule has 2 aromatic carbocycles.